The van der Waals surface area contributed by atoms with Crippen molar-refractivity contribution >= 4 is 30.0 Å². The van der Waals surface area contributed by atoms with Crippen molar-refractivity contribution in [1.29, 1.82) is 0 Å². The number of nitrogens with one attached hydrogen (secondary N) is 2. The molecule has 0 saturated carbocycles. The number of aliphatic hydroxyl groups excluding tert-OH is 1. The van der Waals surface area contributed by atoms with Gasteiger partial charge < -0.3 is 40.8 Å². The highest BCUT2D eigenvalue weighted by atomic mass is 16.6. The second-order valence-electron chi connectivity index (χ2n) is 13.0. The number of unbranched alkanes of at least 4 members (excludes halogenated alkanes) is 1. The number of amides is 4. The lowest BCUT2D eigenvalue weighted by Gasteiger charge is -2.30. The number of esters is 1. The molecule has 0 heterocycles. The highest BCUT2D eigenvalue weighted by Gasteiger charge is 2.39. The monoisotopic (exact) mass is 768 g/mol. The van der Waals surface area contributed by atoms with E-state index in [-0.39, 0.29) is 45.0 Å². The highest BCUT2D eigenvalue weighted by Crippen LogP contribution is 2.18. The molecule has 4 aromatic carbocycles. The molecule has 4 rings (SSSR count). The molecular formula is C42H48N4O10. The lowest BCUT2D eigenvalue weighted by molar-refractivity contribution is -0.152. The summed E-state index contributed by atoms with van der Waals surface area (Å²) in [5.41, 5.74) is 8.20. The minimum absolute atomic E-state index is 0.0345. The van der Waals surface area contributed by atoms with Crippen molar-refractivity contribution in [3.05, 3.63) is 138 Å². The number of aliphatic hydroxyl groups is 1. The van der Waals surface area contributed by atoms with Crippen molar-refractivity contribution in [2.24, 2.45) is 5.73 Å². The first-order chi connectivity index (χ1) is 27.0. The number of carbonyl (C=O) groups is 5. The van der Waals surface area contributed by atoms with E-state index < -0.39 is 54.2 Å². The Hall–Kier alpha value is -6.25. The number of nitrogens with zero attached hydrogens (tertiary/aromatic N) is 1. The van der Waals surface area contributed by atoms with Crippen LogP contribution in [0, 0.1) is 0 Å². The normalized spacial score (nSPS) is 12.9. The van der Waals surface area contributed by atoms with Crippen LogP contribution in [0.4, 0.5) is 9.59 Å². The summed E-state index contributed by atoms with van der Waals surface area (Å²) in [7, 11) is 0. The van der Waals surface area contributed by atoms with Gasteiger partial charge in [-0.15, -0.1) is 0 Å². The van der Waals surface area contributed by atoms with Crippen LogP contribution in [0.2, 0.25) is 0 Å². The molecule has 0 saturated heterocycles. The van der Waals surface area contributed by atoms with E-state index in [2.05, 4.69) is 10.6 Å². The molecule has 0 unspecified atom stereocenters. The van der Waals surface area contributed by atoms with Gasteiger partial charge in [-0.05, 0) is 67.1 Å². The minimum atomic E-state index is -1.54. The summed E-state index contributed by atoms with van der Waals surface area (Å²) in [6, 6.07) is 27.7. The number of benzene rings is 4. The number of ether oxygens (including phenoxy) is 3. The fraction of sp³-hybridized carbons (Fsp3) is 0.310. The molecule has 0 fully saturated rings. The maximum Gasteiger partial charge on any atom is 0.420 e. The van der Waals surface area contributed by atoms with E-state index in [4.69, 9.17) is 19.9 Å². The fourth-order valence-electron chi connectivity index (χ4n) is 5.56. The first-order valence-corrected chi connectivity index (χ1v) is 18.2. The Kier molecular flexibility index (Phi) is 16.8. The molecule has 296 valence electrons. The number of phenols is 1. The van der Waals surface area contributed by atoms with Crippen LogP contribution in [0.3, 0.4) is 0 Å². The minimum Gasteiger partial charge on any atom is -0.508 e. The number of aromatic hydroxyl groups is 1. The molecule has 0 radical (unpaired) electrons. The van der Waals surface area contributed by atoms with E-state index >= 15 is 0 Å². The van der Waals surface area contributed by atoms with E-state index in [1.165, 1.54) is 31.2 Å². The van der Waals surface area contributed by atoms with Crippen LogP contribution in [0.15, 0.2) is 115 Å². The summed E-state index contributed by atoms with van der Waals surface area (Å²) in [4.78, 5) is 69.6. The van der Waals surface area contributed by atoms with Gasteiger partial charge in [0.15, 0.2) is 6.04 Å². The summed E-state index contributed by atoms with van der Waals surface area (Å²) < 4.78 is 16.4. The lowest BCUT2D eigenvalue weighted by atomic mass is 10.0. The van der Waals surface area contributed by atoms with Crippen molar-refractivity contribution in [2.45, 2.75) is 76.7 Å². The molecule has 14 nitrogen and oxygen atoms in total. The molecule has 6 N–H and O–H groups in total. The van der Waals surface area contributed by atoms with Crippen LogP contribution in [0.5, 0.6) is 5.75 Å². The molecule has 56 heavy (non-hydrogen) atoms. The quantitative estimate of drug-likeness (QED) is 0.0510. The third-order valence-electron chi connectivity index (χ3n) is 8.62. The third-order valence-corrected chi connectivity index (χ3v) is 8.62. The maximum atomic E-state index is 14.3. The van der Waals surface area contributed by atoms with E-state index in [1.54, 1.807) is 91.0 Å². The Morgan fingerprint density at radius 3 is 1.59 bits per heavy atom. The lowest BCUT2D eigenvalue weighted by Crippen LogP contribution is -2.59. The summed E-state index contributed by atoms with van der Waals surface area (Å²) in [5, 5.41) is 25.5. The average molecular weight is 769 g/mol. The zero-order valence-corrected chi connectivity index (χ0v) is 31.1. The second kappa shape index (κ2) is 22.2. The number of carbonyl (C=O) groups excluding carboxylic acids is 5. The van der Waals surface area contributed by atoms with Crippen LogP contribution in [0.25, 0.3) is 0 Å². The van der Waals surface area contributed by atoms with E-state index in [0.717, 1.165) is 0 Å². The largest absolute Gasteiger partial charge is 0.508 e. The average Bonchev–Trinajstić information content (AvgIpc) is 3.21. The predicted octanol–water partition coefficient (Wildman–Crippen LogP) is 4.50. The Bertz CT molecular complexity index is 1790. The Morgan fingerprint density at radius 1 is 0.643 bits per heavy atom. The Labute approximate surface area is 325 Å². The van der Waals surface area contributed by atoms with Gasteiger partial charge in [-0.3, -0.25) is 9.59 Å². The molecule has 0 aliphatic heterocycles. The van der Waals surface area contributed by atoms with Crippen molar-refractivity contribution in [2.75, 3.05) is 6.54 Å². The van der Waals surface area contributed by atoms with Gasteiger partial charge in [0.2, 0.25) is 11.8 Å². The van der Waals surface area contributed by atoms with Crippen LogP contribution in [-0.4, -0.2) is 75.9 Å². The van der Waals surface area contributed by atoms with Crippen molar-refractivity contribution in [3.8, 4) is 5.75 Å². The zero-order valence-electron chi connectivity index (χ0n) is 31.1. The number of hydrogen-bond acceptors (Lipinski definition) is 11. The zero-order chi connectivity index (χ0) is 40.3. The standard InChI is InChI=1S/C42H48N4O10/c1-29(47)37(40(51)54-26-31-13-5-2-6-14-31)45-38(49)35(25-30-20-22-34(48)23-21-30)44-39(50)36(19-11-12-24-43)46(41(52)55-27-32-15-7-3-8-16-32)42(53)56-28-33-17-9-4-10-18-33/h2-10,13-18,20-23,29,35-37,47-48H,11-12,19,24-28,43H2,1H3,(H,44,50)(H,45,49)/t29-,35-,36-,37-/m1/s1. The van der Waals surface area contributed by atoms with Crippen molar-refractivity contribution in [3.63, 3.8) is 0 Å². The van der Waals surface area contributed by atoms with Crippen molar-refractivity contribution < 1.29 is 48.4 Å². The molecule has 0 aliphatic rings. The number of hydrogen-bond donors (Lipinski definition) is 5. The maximum absolute atomic E-state index is 14.3. The SMILES string of the molecule is C[C@@H](O)[C@@H](NC(=O)[C@@H](Cc1ccc(O)cc1)NC(=O)[C@@H](CCCCN)N(C(=O)OCc1ccccc1)C(=O)OCc1ccccc1)C(=O)OCc1ccccc1. The topological polar surface area (TPSA) is 207 Å². The van der Waals surface area contributed by atoms with Crippen LogP contribution in [0.1, 0.15) is 48.4 Å². The van der Waals surface area contributed by atoms with Gasteiger partial charge in [-0.2, -0.15) is 4.90 Å². The van der Waals surface area contributed by atoms with Gasteiger partial charge in [0, 0.05) is 6.42 Å². The van der Waals surface area contributed by atoms with Gasteiger partial charge in [-0.1, -0.05) is 103 Å². The number of nitrogens with two attached hydrogens (primary N) is 1. The number of rotatable bonds is 19. The van der Waals surface area contributed by atoms with E-state index in [0.29, 0.717) is 40.0 Å². The highest BCUT2D eigenvalue weighted by molar-refractivity contribution is 5.97. The molecule has 0 spiro atoms. The molecule has 4 amide bonds. The van der Waals surface area contributed by atoms with Gasteiger partial charge in [0.05, 0.1) is 6.10 Å². The molecule has 14 heteroatoms. The van der Waals surface area contributed by atoms with Crippen LogP contribution < -0.4 is 16.4 Å². The molecule has 4 aromatic rings. The first kappa shape index (κ1) is 42.5. The predicted molar refractivity (Wildman–Crippen MR) is 205 cm³/mol. The number of phenolic OH excluding ortho intramolecular Hbond substituents is 1. The Morgan fingerprint density at radius 2 is 1.12 bits per heavy atom. The number of imide groups is 1. The smallest absolute Gasteiger partial charge is 0.420 e. The summed E-state index contributed by atoms with van der Waals surface area (Å²) >= 11 is 0. The molecule has 0 aromatic heterocycles. The molecule has 0 aliphatic carbocycles. The summed E-state index contributed by atoms with van der Waals surface area (Å²) in [6.45, 7) is 1.01. The van der Waals surface area contributed by atoms with Crippen molar-refractivity contribution in [1.82, 2.24) is 15.5 Å². The van der Waals surface area contributed by atoms with E-state index in [1.807, 2.05) is 0 Å². The van der Waals surface area contributed by atoms with E-state index in [9.17, 15) is 34.2 Å². The molecule has 0 bridgehead atoms. The van der Waals surface area contributed by atoms with Crippen LogP contribution in [-0.2, 0) is 54.8 Å². The third kappa shape index (κ3) is 13.6. The second-order valence-corrected chi connectivity index (χ2v) is 13.0. The molecular weight excluding hydrogens is 720 g/mol. The first-order valence-electron chi connectivity index (χ1n) is 18.2. The van der Waals surface area contributed by atoms with Crippen LogP contribution >= 0.6 is 0 Å². The Balaban J connectivity index is 1.62. The summed E-state index contributed by atoms with van der Waals surface area (Å²) in [5.74, 6) is -2.73. The van der Waals surface area contributed by atoms with Gasteiger partial charge in [0.1, 0.15) is 37.7 Å². The van der Waals surface area contributed by atoms with Gasteiger partial charge in [0.25, 0.3) is 0 Å². The van der Waals surface area contributed by atoms with Gasteiger partial charge in [-0.25, -0.2) is 14.4 Å². The van der Waals surface area contributed by atoms with Gasteiger partial charge >= 0.3 is 18.2 Å². The fourth-order valence-corrected chi connectivity index (χ4v) is 5.56. The summed E-state index contributed by atoms with van der Waals surface area (Å²) in [6.07, 6.45) is -3.20. The molecule has 4 atom stereocenters.